The second-order valence-corrected chi connectivity index (χ2v) is 4.04. The summed E-state index contributed by atoms with van der Waals surface area (Å²) >= 11 is 0. The number of rotatable bonds is 5. The van der Waals surface area contributed by atoms with Crippen LogP contribution in [0.3, 0.4) is 0 Å². The maximum absolute atomic E-state index is 11.8. The highest BCUT2D eigenvalue weighted by molar-refractivity contribution is 6.08. The fourth-order valence-corrected chi connectivity index (χ4v) is 2.17. The van der Waals surface area contributed by atoms with Crippen LogP contribution in [0.1, 0.15) is 33.6 Å². The van der Waals surface area contributed by atoms with Crippen molar-refractivity contribution in [2.24, 2.45) is 0 Å². The molecule has 0 aromatic rings. The Labute approximate surface area is 101 Å². The predicted octanol–water partition coefficient (Wildman–Crippen LogP) is 0.233. The van der Waals surface area contributed by atoms with E-state index in [1.165, 1.54) is 4.90 Å². The molecule has 0 atom stereocenters. The number of nitrogens with zero attached hydrogens (tertiary/aromatic N) is 1. The number of urea groups is 1. The molecule has 6 heteroatoms. The van der Waals surface area contributed by atoms with Crippen molar-refractivity contribution in [2.45, 2.75) is 39.2 Å². The lowest BCUT2D eigenvalue weighted by Crippen LogP contribution is -2.52. The zero-order chi connectivity index (χ0) is 13.1. The lowest BCUT2D eigenvalue weighted by molar-refractivity contribution is -0.128. The van der Waals surface area contributed by atoms with E-state index >= 15 is 0 Å². The van der Waals surface area contributed by atoms with E-state index in [0.29, 0.717) is 19.4 Å². The first-order chi connectivity index (χ1) is 8.01. The lowest BCUT2D eigenvalue weighted by atomic mass is 9.91. The highest BCUT2D eigenvalue weighted by Crippen LogP contribution is 2.28. The zero-order valence-electron chi connectivity index (χ0n) is 10.5. The molecule has 4 amide bonds. The summed E-state index contributed by atoms with van der Waals surface area (Å²) in [5, 5.41) is 4.90. The molecule has 6 nitrogen and oxygen atoms in total. The van der Waals surface area contributed by atoms with Crippen molar-refractivity contribution in [1.82, 2.24) is 15.5 Å². The van der Waals surface area contributed by atoms with E-state index in [4.69, 9.17) is 0 Å². The third-order valence-corrected chi connectivity index (χ3v) is 3.25. The normalized spacial score (nSPS) is 18.2. The van der Waals surface area contributed by atoms with Gasteiger partial charge >= 0.3 is 6.03 Å². The Morgan fingerprint density at radius 2 is 1.88 bits per heavy atom. The van der Waals surface area contributed by atoms with Crippen LogP contribution in [-0.2, 0) is 9.59 Å². The van der Waals surface area contributed by atoms with Crippen molar-refractivity contribution < 1.29 is 14.4 Å². The Morgan fingerprint density at radius 1 is 1.29 bits per heavy atom. The SMILES string of the molecule is CCNC(=O)CN1C(=O)NC(=O)C1(CC)CC. The number of imide groups is 1. The Morgan fingerprint density at radius 3 is 2.35 bits per heavy atom. The average Bonchev–Trinajstić information content (AvgIpc) is 2.52. The topological polar surface area (TPSA) is 78.5 Å². The van der Waals surface area contributed by atoms with Gasteiger partial charge in [0.2, 0.25) is 5.91 Å². The average molecular weight is 241 g/mol. The van der Waals surface area contributed by atoms with Crippen LogP contribution < -0.4 is 10.6 Å². The molecule has 0 aromatic carbocycles. The Balaban J connectivity index is 2.90. The second kappa shape index (κ2) is 5.16. The van der Waals surface area contributed by atoms with E-state index in [1.54, 1.807) is 6.92 Å². The Kier molecular flexibility index (Phi) is 4.09. The van der Waals surface area contributed by atoms with Gasteiger partial charge in [0.25, 0.3) is 5.91 Å². The van der Waals surface area contributed by atoms with Crippen LogP contribution in [-0.4, -0.2) is 41.4 Å². The van der Waals surface area contributed by atoms with Gasteiger partial charge in [-0.15, -0.1) is 0 Å². The Hall–Kier alpha value is -1.59. The van der Waals surface area contributed by atoms with Crippen molar-refractivity contribution in [3.05, 3.63) is 0 Å². The summed E-state index contributed by atoms with van der Waals surface area (Å²) in [6.07, 6.45) is 1.00. The van der Waals surface area contributed by atoms with E-state index in [0.717, 1.165) is 0 Å². The van der Waals surface area contributed by atoms with Crippen molar-refractivity contribution in [1.29, 1.82) is 0 Å². The van der Waals surface area contributed by atoms with Gasteiger partial charge in [0, 0.05) is 6.54 Å². The smallest absolute Gasteiger partial charge is 0.325 e. The van der Waals surface area contributed by atoms with E-state index in [2.05, 4.69) is 10.6 Å². The van der Waals surface area contributed by atoms with Gasteiger partial charge in [-0.3, -0.25) is 14.9 Å². The summed E-state index contributed by atoms with van der Waals surface area (Å²) in [5.74, 6) is -0.555. The van der Waals surface area contributed by atoms with Crippen molar-refractivity contribution in [3.8, 4) is 0 Å². The minimum Gasteiger partial charge on any atom is -0.355 e. The van der Waals surface area contributed by atoms with Crippen LogP contribution in [0.5, 0.6) is 0 Å². The number of hydrogen-bond donors (Lipinski definition) is 2. The molecule has 0 radical (unpaired) electrons. The number of likely N-dealkylation sites (N-methyl/N-ethyl adjacent to an activating group) is 1. The molecule has 1 fully saturated rings. The molecule has 1 aliphatic rings. The van der Waals surface area contributed by atoms with Gasteiger partial charge in [0.1, 0.15) is 12.1 Å². The minimum absolute atomic E-state index is 0.0763. The molecule has 0 aliphatic carbocycles. The number of hydrogen-bond acceptors (Lipinski definition) is 3. The van der Waals surface area contributed by atoms with Crippen molar-refractivity contribution >= 4 is 17.8 Å². The predicted molar refractivity (Wildman–Crippen MR) is 62.2 cm³/mol. The van der Waals surface area contributed by atoms with Crippen LogP contribution in [0, 0.1) is 0 Å². The highest BCUT2D eigenvalue weighted by atomic mass is 16.2. The van der Waals surface area contributed by atoms with Gasteiger partial charge in [-0.1, -0.05) is 13.8 Å². The molecule has 1 aliphatic heterocycles. The monoisotopic (exact) mass is 241 g/mol. The molecule has 0 aromatic heterocycles. The van der Waals surface area contributed by atoms with Gasteiger partial charge in [-0.2, -0.15) is 0 Å². The van der Waals surface area contributed by atoms with Crippen LogP contribution in [0.15, 0.2) is 0 Å². The Bertz CT molecular complexity index is 337. The summed E-state index contributed by atoms with van der Waals surface area (Å²) < 4.78 is 0. The van der Waals surface area contributed by atoms with E-state index in [9.17, 15) is 14.4 Å². The molecule has 17 heavy (non-hydrogen) atoms. The minimum atomic E-state index is -0.873. The van der Waals surface area contributed by atoms with Gasteiger partial charge in [-0.05, 0) is 19.8 Å². The molecule has 1 heterocycles. The maximum Gasteiger partial charge on any atom is 0.325 e. The molecule has 0 saturated carbocycles. The van der Waals surface area contributed by atoms with Gasteiger partial charge in [0.05, 0.1) is 0 Å². The van der Waals surface area contributed by atoms with Crippen molar-refractivity contribution in [3.63, 3.8) is 0 Å². The van der Waals surface area contributed by atoms with Crippen LogP contribution in [0.4, 0.5) is 4.79 Å². The number of amides is 4. The van der Waals surface area contributed by atoms with Gasteiger partial charge < -0.3 is 10.2 Å². The number of carbonyl (C=O) groups excluding carboxylic acids is 3. The molecule has 0 bridgehead atoms. The van der Waals surface area contributed by atoms with Gasteiger partial charge in [-0.25, -0.2) is 4.79 Å². The summed E-state index contributed by atoms with van der Waals surface area (Å²) in [4.78, 5) is 36.3. The largest absolute Gasteiger partial charge is 0.355 e. The highest BCUT2D eigenvalue weighted by Gasteiger charge is 2.50. The van der Waals surface area contributed by atoms with Gasteiger partial charge in [0.15, 0.2) is 0 Å². The maximum atomic E-state index is 11.8. The fourth-order valence-electron chi connectivity index (χ4n) is 2.17. The summed E-state index contributed by atoms with van der Waals surface area (Å²) in [5.41, 5.74) is -0.873. The molecular weight excluding hydrogens is 222 g/mol. The van der Waals surface area contributed by atoms with E-state index in [-0.39, 0.29) is 18.4 Å². The third-order valence-electron chi connectivity index (χ3n) is 3.25. The van der Waals surface area contributed by atoms with E-state index < -0.39 is 11.6 Å². The number of nitrogens with one attached hydrogen (secondary N) is 2. The quantitative estimate of drug-likeness (QED) is 0.676. The summed E-state index contributed by atoms with van der Waals surface area (Å²) in [6.45, 7) is 5.92. The van der Waals surface area contributed by atoms with Crippen LogP contribution in [0.25, 0.3) is 0 Å². The third kappa shape index (κ3) is 2.25. The molecule has 96 valence electrons. The van der Waals surface area contributed by atoms with E-state index in [1.807, 2.05) is 13.8 Å². The second-order valence-electron chi connectivity index (χ2n) is 4.04. The first-order valence-corrected chi connectivity index (χ1v) is 5.91. The summed E-state index contributed by atoms with van der Waals surface area (Å²) in [7, 11) is 0. The summed E-state index contributed by atoms with van der Waals surface area (Å²) in [6, 6.07) is -0.482. The first kappa shape index (κ1) is 13.5. The molecule has 0 unspecified atom stereocenters. The molecule has 2 N–H and O–H groups in total. The number of carbonyl (C=O) groups is 3. The molecule has 0 spiro atoms. The lowest BCUT2D eigenvalue weighted by Gasteiger charge is -2.32. The fraction of sp³-hybridized carbons (Fsp3) is 0.727. The standard InChI is InChI=1S/C11H19N3O3/c1-4-11(5-2)9(16)13-10(17)14(11)7-8(15)12-6-3/h4-7H2,1-3H3,(H,12,15)(H,13,16,17). The zero-order valence-corrected chi connectivity index (χ0v) is 10.5. The first-order valence-electron chi connectivity index (χ1n) is 5.91. The molecule has 1 rings (SSSR count). The van der Waals surface area contributed by atoms with Crippen LogP contribution >= 0.6 is 0 Å². The molecular formula is C11H19N3O3. The van der Waals surface area contributed by atoms with Crippen molar-refractivity contribution in [2.75, 3.05) is 13.1 Å². The molecule has 1 saturated heterocycles. The van der Waals surface area contributed by atoms with Crippen LogP contribution in [0.2, 0.25) is 0 Å².